The molecule has 1 atom stereocenters. The lowest BCUT2D eigenvalue weighted by molar-refractivity contribution is -0.118. The lowest BCUT2D eigenvalue weighted by Crippen LogP contribution is -2.25. The number of nitrogens with one attached hydrogen (secondary N) is 1. The summed E-state index contributed by atoms with van der Waals surface area (Å²) in [4.78, 5) is 22.9. The van der Waals surface area contributed by atoms with Gasteiger partial charge in [-0.05, 0) is 42.0 Å². The molecule has 5 heteroatoms. The highest BCUT2D eigenvalue weighted by Gasteiger charge is 2.31. The number of thioether (sulfide) groups is 1. The van der Waals surface area contributed by atoms with Crippen molar-refractivity contribution >= 4 is 29.0 Å². The SMILES string of the molecule is O=C1NC(=O)C(Cc2ccc(O)c(CC/C=C\c3ccccc3)c2)S1. The third-order valence-corrected chi connectivity index (χ3v) is 5.00. The number of carbonyl (C=O) groups excluding carboxylic acids is 2. The van der Waals surface area contributed by atoms with E-state index < -0.39 is 0 Å². The Bertz CT molecular complexity index is 802. The fourth-order valence-electron chi connectivity index (χ4n) is 2.73. The first-order chi connectivity index (χ1) is 12.1. The molecule has 0 spiro atoms. The number of rotatable bonds is 6. The minimum Gasteiger partial charge on any atom is -0.508 e. The van der Waals surface area contributed by atoms with Crippen LogP contribution in [0.3, 0.4) is 0 Å². The summed E-state index contributed by atoms with van der Waals surface area (Å²) in [6.07, 6.45) is 6.15. The number of carbonyl (C=O) groups is 2. The first kappa shape index (κ1) is 17.3. The summed E-state index contributed by atoms with van der Waals surface area (Å²) >= 11 is 1.02. The molecule has 25 heavy (non-hydrogen) atoms. The Hall–Kier alpha value is -2.53. The molecule has 0 aromatic heterocycles. The van der Waals surface area contributed by atoms with Gasteiger partial charge in [0.15, 0.2) is 0 Å². The lowest BCUT2D eigenvalue weighted by atomic mass is 10.0. The molecule has 1 aliphatic heterocycles. The first-order valence-electron chi connectivity index (χ1n) is 8.15. The van der Waals surface area contributed by atoms with Crippen molar-refractivity contribution in [1.29, 1.82) is 0 Å². The number of allylic oxidation sites excluding steroid dienone is 1. The van der Waals surface area contributed by atoms with E-state index >= 15 is 0 Å². The zero-order chi connectivity index (χ0) is 17.6. The lowest BCUT2D eigenvalue weighted by Gasteiger charge is -2.09. The Morgan fingerprint density at radius 1 is 1.12 bits per heavy atom. The van der Waals surface area contributed by atoms with Crippen molar-refractivity contribution in [3.05, 3.63) is 71.3 Å². The van der Waals surface area contributed by atoms with Crippen LogP contribution in [0.15, 0.2) is 54.6 Å². The molecule has 1 fully saturated rings. The molecule has 2 aromatic rings. The van der Waals surface area contributed by atoms with Crippen LogP contribution in [0.1, 0.15) is 23.1 Å². The number of hydrogen-bond donors (Lipinski definition) is 2. The Kier molecular flexibility index (Phi) is 5.56. The summed E-state index contributed by atoms with van der Waals surface area (Å²) in [7, 11) is 0. The predicted molar refractivity (Wildman–Crippen MR) is 101 cm³/mol. The molecule has 1 unspecified atom stereocenters. The molecule has 4 nitrogen and oxygen atoms in total. The minimum absolute atomic E-state index is 0.240. The van der Waals surface area contributed by atoms with Gasteiger partial charge in [-0.3, -0.25) is 14.9 Å². The van der Waals surface area contributed by atoms with Crippen LogP contribution in [-0.4, -0.2) is 21.5 Å². The topological polar surface area (TPSA) is 66.4 Å². The van der Waals surface area contributed by atoms with Gasteiger partial charge in [-0.2, -0.15) is 0 Å². The molecular weight excluding hydrogens is 334 g/mol. The second-order valence-electron chi connectivity index (χ2n) is 5.90. The van der Waals surface area contributed by atoms with Gasteiger partial charge >= 0.3 is 0 Å². The fraction of sp³-hybridized carbons (Fsp3) is 0.200. The number of aromatic hydroxyl groups is 1. The maximum absolute atomic E-state index is 11.7. The zero-order valence-corrected chi connectivity index (χ0v) is 14.5. The molecule has 1 saturated heterocycles. The van der Waals surface area contributed by atoms with Crippen molar-refractivity contribution in [2.24, 2.45) is 0 Å². The molecule has 128 valence electrons. The highest BCUT2D eigenvalue weighted by Crippen LogP contribution is 2.26. The summed E-state index contributed by atoms with van der Waals surface area (Å²) in [5.74, 6) is 0.0203. The quantitative estimate of drug-likeness (QED) is 0.826. The van der Waals surface area contributed by atoms with E-state index in [9.17, 15) is 14.7 Å². The van der Waals surface area contributed by atoms with E-state index in [2.05, 4.69) is 17.5 Å². The predicted octanol–water partition coefficient (Wildman–Crippen LogP) is 3.93. The number of hydrogen-bond acceptors (Lipinski definition) is 4. The van der Waals surface area contributed by atoms with E-state index in [0.717, 1.165) is 34.9 Å². The van der Waals surface area contributed by atoms with E-state index in [4.69, 9.17) is 0 Å². The van der Waals surface area contributed by atoms with Crippen LogP contribution in [0.5, 0.6) is 5.75 Å². The molecular formula is C20H19NO3S. The summed E-state index contributed by atoms with van der Waals surface area (Å²) < 4.78 is 0. The molecule has 0 saturated carbocycles. The van der Waals surface area contributed by atoms with Gasteiger partial charge in [-0.15, -0.1) is 0 Å². The molecule has 1 aliphatic rings. The van der Waals surface area contributed by atoms with Gasteiger partial charge in [0.2, 0.25) is 5.91 Å². The maximum Gasteiger partial charge on any atom is 0.286 e. The Morgan fingerprint density at radius 2 is 1.92 bits per heavy atom. The number of imide groups is 1. The number of benzene rings is 2. The Morgan fingerprint density at radius 3 is 2.64 bits per heavy atom. The van der Waals surface area contributed by atoms with Gasteiger partial charge in [-0.1, -0.05) is 66.4 Å². The van der Waals surface area contributed by atoms with Gasteiger partial charge in [0.25, 0.3) is 5.24 Å². The molecule has 1 heterocycles. The summed E-state index contributed by atoms with van der Waals surface area (Å²) in [5.41, 5.74) is 2.95. The third kappa shape index (κ3) is 4.73. The van der Waals surface area contributed by atoms with Crippen molar-refractivity contribution in [2.75, 3.05) is 0 Å². The summed E-state index contributed by atoms with van der Waals surface area (Å²) in [6, 6.07) is 15.4. The molecule has 0 aliphatic carbocycles. The van der Waals surface area contributed by atoms with Crippen LogP contribution >= 0.6 is 11.8 Å². The Balaban J connectivity index is 1.60. The van der Waals surface area contributed by atoms with Crippen molar-refractivity contribution in [3.8, 4) is 5.75 Å². The fourth-order valence-corrected chi connectivity index (χ4v) is 3.59. The zero-order valence-electron chi connectivity index (χ0n) is 13.6. The second-order valence-corrected chi connectivity index (χ2v) is 7.08. The average molecular weight is 353 g/mol. The first-order valence-corrected chi connectivity index (χ1v) is 9.03. The monoisotopic (exact) mass is 353 g/mol. The largest absolute Gasteiger partial charge is 0.508 e. The number of aryl methyl sites for hydroxylation is 1. The van der Waals surface area contributed by atoms with E-state index in [1.807, 2.05) is 36.4 Å². The van der Waals surface area contributed by atoms with Crippen molar-refractivity contribution < 1.29 is 14.7 Å². The highest BCUT2D eigenvalue weighted by molar-refractivity contribution is 8.15. The van der Waals surface area contributed by atoms with E-state index in [-0.39, 0.29) is 22.1 Å². The van der Waals surface area contributed by atoms with E-state index in [0.29, 0.717) is 12.8 Å². The normalized spacial score (nSPS) is 17.2. The molecule has 2 N–H and O–H groups in total. The molecule has 0 radical (unpaired) electrons. The van der Waals surface area contributed by atoms with Crippen LogP contribution in [0.2, 0.25) is 0 Å². The maximum atomic E-state index is 11.7. The van der Waals surface area contributed by atoms with E-state index in [1.54, 1.807) is 12.1 Å². The molecule has 2 aromatic carbocycles. The number of phenols is 1. The minimum atomic E-state index is -0.386. The highest BCUT2D eigenvalue weighted by atomic mass is 32.2. The average Bonchev–Trinajstić information content (AvgIpc) is 2.92. The van der Waals surface area contributed by atoms with Gasteiger partial charge in [-0.25, -0.2) is 0 Å². The van der Waals surface area contributed by atoms with Gasteiger partial charge < -0.3 is 5.11 Å². The second kappa shape index (κ2) is 8.03. The smallest absolute Gasteiger partial charge is 0.286 e. The van der Waals surface area contributed by atoms with E-state index in [1.165, 1.54) is 0 Å². The number of phenolic OH excluding ortho intramolecular Hbond substituents is 1. The summed E-state index contributed by atoms with van der Waals surface area (Å²) in [5, 5.41) is 11.7. The van der Waals surface area contributed by atoms with Gasteiger partial charge in [0.05, 0.1) is 5.25 Å². The number of amides is 2. The van der Waals surface area contributed by atoms with Gasteiger partial charge in [0.1, 0.15) is 5.75 Å². The van der Waals surface area contributed by atoms with Crippen molar-refractivity contribution in [2.45, 2.75) is 24.5 Å². The van der Waals surface area contributed by atoms with Crippen LogP contribution in [0.25, 0.3) is 6.08 Å². The molecule has 0 bridgehead atoms. The van der Waals surface area contributed by atoms with Crippen LogP contribution in [-0.2, 0) is 17.6 Å². The Labute approximate surface area is 151 Å². The van der Waals surface area contributed by atoms with Crippen LogP contribution in [0, 0.1) is 0 Å². The molecule has 2 amide bonds. The van der Waals surface area contributed by atoms with Crippen LogP contribution in [0.4, 0.5) is 4.79 Å². The van der Waals surface area contributed by atoms with Gasteiger partial charge in [0, 0.05) is 0 Å². The van der Waals surface area contributed by atoms with Crippen molar-refractivity contribution in [3.63, 3.8) is 0 Å². The van der Waals surface area contributed by atoms with Crippen molar-refractivity contribution in [1.82, 2.24) is 5.32 Å². The summed E-state index contributed by atoms with van der Waals surface area (Å²) in [6.45, 7) is 0. The molecule has 3 rings (SSSR count). The standard InChI is InChI=1S/C20H19NO3S/c22-17-11-10-15(13-18-19(23)21-20(24)25-18)12-16(17)9-5-4-8-14-6-2-1-3-7-14/h1-4,6-8,10-12,18,22H,5,9,13H2,(H,21,23,24)/b8-4-. The third-order valence-electron chi connectivity index (χ3n) is 4.02. The van der Waals surface area contributed by atoms with Crippen LogP contribution < -0.4 is 5.32 Å².